The van der Waals surface area contributed by atoms with Crippen molar-refractivity contribution in [3.05, 3.63) is 24.2 Å². The zero-order valence-corrected chi connectivity index (χ0v) is 10.6. The molecule has 0 spiro atoms. The first kappa shape index (κ1) is 10.9. The van der Waals surface area contributed by atoms with Gasteiger partial charge in [-0.15, -0.1) is 10.2 Å². The summed E-state index contributed by atoms with van der Waals surface area (Å²) in [6.45, 7) is 0. The summed E-state index contributed by atoms with van der Waals surface area (Å²) in [5.74, 6) is 3.17. The molecule has 0 N–H and O–H groups in total. The van der Waals surface area contributed by atoms with Gasteiger partial charge in [-0.2, -0.15) is 11.8 Å². The average Bonchev–Trinajstić information content (AvgIpc) is 2.99. The van der Waals surface area contributed by atoms with Crippen LogP contribution >= 0.6 is 11.8 Å². The van der Waals surface area contributed by atoms with Gasteiger partial charge in [-0.25, -0.2) is 0 Å². The average molecular weight is 249 g/mol. The molecule has 0 amide bonds. The predicted molar refractivity (Wildman–Crippen MR) is 68.7 cm³/mol. The van der Waals surface area contributed by atoms with Gasteiger partial charge in [0.2, 0.25) is 0 Å². The molecule has 1 aliphatic rings. The largest absolute Gasteiger partial charge is 0.495 e. The predicted octanol–water partition coefficient (Wildman–Crippen LogP) is 2.18. The molecule has 2 aromatic heterocycles. The summed E-state index contributed by atoms with van der Waals surface area (Å²) < 4.78 is 7.27. The standard InChI is InChI=1S/C12H15N3OS/c1-16-9-4-5-11-13-14-12(15(11)8-9)7-10-3-2-6-17-10/h4-5,8,10H,2-3,6-7H2,1H3. The molecule has 5 heteroatoms. The Bertz CT molecular complexity index is 519. The molecular weight excluding hydrogens is 234 g/mol. The number of ether oxygens (including phenoxy) is 1. The molecule has 1 aliphatic heterocycles. The summed E-state index contributed by atoms with van der Waals surface area (Å²) in [6.07, 6.45) is 5.59. The number of hydrogen-bond acceptors (Lipinski definition) is 4. The molecule has 0 aliphatic carbocycles. The molecule has 1 unspecified atom stereocenters. The molecule has 90 valence electrons. The van der Waals surface area contributed by atoms with Crippen LogP contribution in [0, 0.1) is 0 Å². The number of nitrogens with zero attached hydrogens (tertiary/aromatic N) is 3. The van der Waals surface area contributed by atoms with E-state index in [1.807, 2.05) is 34.5 Å². The monoisotopic (exact) mass is 249 g/mol. The smallest absolute Gasteiger partial charge is 0.161 e. The van der Waals surface area contributed by atoms with E-state index in [9.17, 15) is 0 Å². The fraction of sp³-hybridized carbons (Fsp3) is 0.500. The third-order valence-corrected chi connectivity index (χ3v) is 4.51. The van der Waals surface area contributed by atoms with Crippen LogP contribution in [0.1, 0.15) is 18.7 Å². The third kappa shape index (κ3) is 2.11. The van der Waals surface area contributed by atoms with Crippen molar-refractivity contribution in [1.82, 2.24) is 14.6 Å². The third-order valence-electron chi connectivity index (χ3n) is 3.12. The van der Waals surface area contributed by atoms with Crippen LogP contribution in [0.25, 0.3) is 5.65 Å². The van der Waals surface area contributed by atoms with E-state index in [1.54, 1.807) is 7.11 Å². The Hall–Kier alpha value is -1.23. The van der Waals surface area contributed by atoms with Gasteiger partial charge in [0.15, 0.2) is 5.65 Å². The number of hydrogen-bond donors (Lipinski definition) is 0. The van der Waals surface area contributed by atoms with E-state index in [4.69, 9.17) is 4.74 Å². The zero-order valence-electron chi connectivity index (χ0n) is 9.80. The first-order valence-corrected chi connectivity index (χ1v) is 6.91. The Morgan fingerprint density at radius 3 is 3.18 bits per heavy atom. The number of pyridine rings is 1. The number of methoxy groups -OCH3 is 1. The first-order chi connectivity index (χ1) is 8.36. The van der Waals surface area contributed by atoms with E-state index in [2.05, 4.69) is 10.2 Å². The molecule has 17 heavy (non-hydrogen) atoms. The highest BCUT2D eigenvalue weighted by atomic mass is 32.2. The molecular formula is C12H15N3OS. The highest BCUT2D eigenvalue weighted by molar-refractivity contribution is 8.00. The maximum atomic E-state index is 5.24. The van der Waals surface area contributed by atoms with Crippen LogP contribution in [0.2, 0.25) is 0 Å². The van der Waals surface area contributed by atoms with E-state index in [-0.39, 0.29) is 0 Å². The molecule has 3 heterocycles. The lowest BCUT2D eigenvalue weighted by atomic mass is 10.2. The fourth-order valence-corrected chi connectivity index (χ4v) is 3.45. The van der Waals surface area contributed by atoms with Gasteiger partial charge in [0.25, 0.3) is 0 Å². The minimum Gasteiger partial charge on any atom is -0.495 e. The Balaban J connectivity index is 1.92. The van der Waals surface area contributed by atoms with Gasteiger partial charge >= 0.3 is 0 Å². The summed E-state index contributed by atoms with van der Waals surface area (Å²) in [6, 6.07) is 3.86. The summed E-state index contributed by atoms with van der Waals surface area (Å²) in [5.41, 5.74) is 0.892. The second-order valence-corrected chi connectivity index (χ2v) is 5.66. The van der Waals surface area contributed by atoms with Crippen molar-refractivity contribution in [3.8, 4) is 5.75 Å². The summed E-state index contributed by atoms with van der Waals surface area (Å²) in [5, 5.41) is 9.16. The Labute approximate surface area is 104 Å². The van der Waals surface area contributed by atoms with Gasteiger partial charge in [-0.3, -0.25) is 4.40 Å². The number of aromatic nitrogens is 3. The molecule has 0 aromatic carbocycles. The highest BCUT2D eigenvalue weighted by Gasteiger charge is 2.18. The van der Waals surface area contributed by atoms with Crippen molar-refractivity contribution < 1.29 is 4.74 Å². The van der Waals surface area contributed by atoms with E-state index in [0.717, 1.165) is 23.6 Å². The summed E-state index contributed by atoms with van der Waals surface area (Å²) >= 11 is 2.05. The van der Waals surface area contributed by atoms with Crippen molar-refractivity contribution in [3.63, 3.8) is 0 Å². The van der Waals surface area contributed by atoms with E-state index < -0.39 is 0 Å². The van der Waals surface area contributed by atoms with Crippen LogP contribution in [-0.2, 0) is 6.42 Å². The minimum absolute atomic E-state index is 0.702. The SMILES string of the molecule is COc1ccc2nnc(CC3CCCS3)n2c1. The van der Waals surface area contributed by atoms with Gasteiger partial charge < -0.3 is 4.74 Å². The van der Waals surface area contributed by atoms with Crippen LogP contribution < -0.4 is 4.74 Å². The lowest BCUT2D eigenvalue weighted by Gasteiger charge is -2.07. The quantitative estimate of drug-likeness (QED) is 0.836. The van der Waals surface area contributed by atoms with Gasteiger partial charge in [0.05, 0.1) is 13.3 Å². The van der Waals surface area contributed by atoms with Crippen molar-refractivity contribution in [1.29, 1.82) is 0 Å². The van der Waals surface area contributed by atoms with Crippen molar-refractivity contribution >= 4 is 17.4 Å². The molecule has 2 aromatic rings. The Morgan fingerprint density at radius 2 is 2.41 bits per heavy atom. The molecule has 1 atom stereocenters. The minimum atomic E-state index is 0.702. The van der Waals surface area contributed by atoms with Gasteiger partial charge in [-0.1, -0.05) is 0 Å². The van der Waals surface area contributed by atoms with Crippen LogP contribution in [0.4, 0.5) is 0 Å². The van der Waals surface area contributed by atoms with Crippen molar-refractivity contribution in [2.75, 3.05) is 12.9 Å². The molecule has 0 bridgehead atoms. The molecule has 4 nitrogen and oxygen atoms in total. The van der Waals surface area contributed by atoms with Gasteiger partial charge in [0, 0.05) is 11.7 Å². The van der Waals surface area contributed by atoms with Crippen molar-refractivity contribution in [2.45, 2.75) is 24.5 Å². The Morgan fingerprint density at radius 1 is 1.47 bits per heavy atom. The summed E-state index contributed by atoms with van der Waals surface area (Å²) in [7, 11) is 1.68. The van der Waals surface area contributed by atoms with Crippen LogP contribution in [0.15, 0.2) is 18.3 Å². The summed E-state index contributed by atoms with van der Waals surface area (Å²) in [4.78, 5) is 0. The second-order valence-electron chi connectivity index (χ2n) is 4.25. The highest BCUT2D eigenvalue weighted by Crippen LogP contribution is 2.28. The topological polar surface area (TPSA) is 39.4 Å². The van der Waals surface area contributed by atoms with E-state index in [1.165, 1.54) is 18.6 Å². The van der Waals surface area contributed by atoms with E-state index in [0.29, 0.717) is 5.25 Å². The molecule has 1 saturated heterocycles. The maximum absolute atomic E-state index is 5.24. The number of thioether (sulfide) groups is 1. The molecule has 0 radical (unpaired) electrons. The van der Waals surface area contributed by atoms with Crippen LogP contribution in [0.3, 0.4) is 0 Å². The van der Waals surface area contributed by atoms with Crippen molar-refractivity contribution in [2.24, 2.45) is 0 Å². The fourth-order valence-electron chi connectivity index (χ4n) is 2.19. The molecule has 1 fully saturated rings. The lowest BCUT2D eigenvalue weighted by molar-refractivity contribution is 0.412. The maximum Gasteiger partial charge on any atom is 0.161 e. The number of fused-ring (bicyclic) bond motifs is 1. The van der Waals surface area contributed by atoms with Crippen LogP contribution in [0.5, 0.6) is 5.75 Å². The van der Waals surface area contributed by atoms with Gasteiger partial charge in [-0.05, 0) is 30.7 Å². The van der Waals surface area contributed by atoms with Gasteiger partial charge in [0.1, 0.15) is 11.6 Å². The van der Waals surface area contributed by atoms with E-state index >= 15 is 0 Å². The number of rotatable bonds is 3. The zero-order chi connectivity index (χ0) is 11.7. The van der Waals surface area contributed by atoms with Crippen LogP contribution in [-0.4, -0.2) is 32.7 Å². The molecule has 3 rings (SSSR count). The second kappa shape index (κ2) is 4.56. The Kier molecular flexibility index (Phi) is 2.93. The molecule has 0 saturated carbocycles. The normalized spacial score (nSPS) is 19.9. The first-order valence-electron chi connectivity index (χ1n) is 5.86. The lowest BCUT2D eigenvalue weighted by Crippen LogP contribution is -2.06.